The minimum Gasteiger partial charge on any atom is -0.297 e. The van der Waals surface area contributed by atoms with E-state index in [0.29, 0.717) is 5.92 Å². The molecule has 140 valence electrons. The predicted molar refractivity (Wildman–Crippen MR) is 110 cm³/mol. The van der Waals surface area contributed by atoms with Crippen LogP contribution in [0.4, 0.5) is 5.13 Å². The van der Waals surface area contributed by atoms with Gasteiger partial charge in [-0.15, -0.1) is 22.7 Å². The Morgan fingerprint density at radius 1 is 1.04 bits per heavy atom. The average Bonchev–Trinajstić information content (AvgIpc) is 3.38. The number of hydrogen-bond acceptors (Lipinski definition) is 6. The van der Waals surface area contributed by atoms with Crippen molar-refractivity contribution in [2.24, 2.45) is 0 Å². The van der Waals surface area contributed by atoms with Crippen LogP contribution in [0.1, 0.15) is 75.3 Å². The molecule has 1 fully saturated rings. The summed E-state index contributed by atoms with van der Waals surface area (Å²) in [7, 11) is 0. The summed E-state index contributed by atoms with van der Waals surface area (Å²) >= 11 is 3.11. The number of nitrogens with zero attached hydrogens (tertiary/aromatic N) is 3. The molecule has 1 N–H and O–H groups in total. The Morgan fingerprint density at radius 3 is 2.67 bits per heavy atom. The molecule has 0 bridgehead atoms. The van der Waals surface area contributed by atoms with Crippen molar-refractivity contribution in [3.63, 3.8) is 0 Å². The van der Waals surface area contributed by atoms with E-state index in [0.717, 1.165) is 50.1 Å². The van der Waals surface area contributed by atoms with E-state index in [4.69, 9.17) is 4.98 Å². The molecule has 0 spiro atoms. The topological polar surface area (TPSA) is 67.8 Å². The first kappa shape index (κ1) is 17.3. The van der Waals surface area contributed by atoms with Gasteiger partial charge in [-0.2, -0.15) is 0 Å². The lowest BCUT2D eigenvalue weighted by atomic mass is 10.1. The van der Waals surface area contributed by atoms with Gasteiger partial charge >= 0.3 is 0 Å². The zero-order valence-electron chi connectivity index (χ0n) is 15.6. The molecule has 3 aromatic rings. The summed E-state index contributed by atoms with van der Waals surface area (Å²) in [4.78, 5) is 30.1. The van der Waals surface area contributed by atoms with Crippen LogP contribution in [0.25, 0.3) is 10.2 Å². The number of fused-ring (bicyclic) bond motifs is 2. The zero-order valence-corrected chi connectivity index (χ0v) is 17.2. The molecule has 1 saturated carbocycles. The van der Waals surface area contributed by atoms with Gasteiger partial charge in [0.25, 0.3) is 5.91 Å². The second-order valence-electron chi connectivity index (χ2n) is 7.58. The van der Waals surface area contributed by atoms with Crippen molar-refractivity contribution < 1.29 is 4.79 Å². The highest BCUT2D eigenvalue weighted by Crippen LogP contribution is 2.40. The lowest BCUT2D eigenvalue weighted by molar-refractivity contribution is 0.103. The Kier molecular flexibility index (Phi) is 4.24. The predicted octanol–water partition coefficient (Wildman–Crippen LogP) is 5.16. The average molecular weight is 399 g/mol. The summed E-state index contributed by atoms with van der Waals surface area (Å²) < 4.78 is 0. The van der Waals surface area contributed by atoms with Crippen LogP contribution in [0, 0.1) is 13.8 Å². The summed E-state index contributed by atoms with van der Waals surface area (Å²) in [6, 6.07) is 0. The number of thiophene rings is 1. The number of anilines is 1. The van der Waals surface area contributed by atoms with Crippen LogP contribution in [0.5, 0.6) is 0 Å². The number of amides is 1. The molecule has 5 rings (SSSR count). The third-order valence-corrected chi connectivity index (χ3v) is 7.71. The van der Waals surface area contributed by atoms with Gasteiger partial charge in [0.1, 0.15) is 10.7 Å². The molecule has 2 aliphatic carbocycles. The third kappa shape index (κ3) is 3.17. The van der Waals surface area contributed by atoms with E-state index >= 15 is 0 Å². The van der Waals surface area contributed by atoms with Crippen LogP contribution in [0.2, 0.25) is 0 Å². The summed E-state index contributed by atoms with van der Waals surface area (Å²) in [5.74, 6) is 1.38. The molecule has 0 radical (unpaired) electrons. The molecule has 7 heteroatoms. The number of hydrogen-bond donors (Lipinski definition) is 1. The second-order valence-corrected chi connectivity index (χ2v) is 9.66. The van der Waals surface area contributed by atoms with Crippen LogP contribution in [-0.2, 0) is 12.8 Å². The van der Waals surface area contributed by atoms with Gasteiger partial charge in [-0.05, 0) is 57.9 Å². The Morgan fingerprint density at radius 2 is 1.85 bits per heavy atom. The van der Waals surface area contributed by atoms with Crippen LogP contribution < -0.4 is 5.32 Å². The standard InChI is InChI=1S/C20H22N4OS2/c1-10-15-11(2)21-17(12-8-9-12)23-19(15)27-16(10)18(25)24-20-22-13-6-4-3-5-7-14(13)26-20/h12H,3-9H2,1-2H3,(H,22,24,25). The quantitative estimate of drug-likeness (QED) is 0.619. The molecular weight excluding hydrogens is 376 g/mol. The minimum atomic E-state index is -0.0771. The SMILES string of the molecule is Cc1nc(C2CC2)nc2sc(C(=O)Nc3nc4c(s3)CCCCC4)c(C)c12. The van der Waals surface area contributed by atoms with Crippen molar-refractivity contribution in [3.05, 3.63) is 32.5 Å². The molecule has 0 unspecified atom stereocenters. The maximum absolute atomic E-state index is 12.9. The van der Waals surface area contributed by atoms with Crippen molar-refractivity contribution in [1.29, 1.82) is 0 Å². The van der Waals surface area contributed by atoms with E-state index < -0.39 is 0 Å². The molecule has 5 nitrogen and oxygen atoms in total. The number of carbonyl (C=O) groups is 1. The molecule has 0 aromatic carbocycles. The van der Waals surface area contributed by atoms with Gasteiger partial charge in [0.2, 0.25) is 0 Å². The highest BCUT2D eigenvalue weighted by atomic mass is 32.1. The first-order chi connectivity index (χ1) is 13.1. The fourth-order valence-electron chi connectivity index (χ4n) is 3.84. The lowest BCUT2D eigenvalue weighted by Crippen LogP contribution is -2.11. The van der Waals surface area contributed by atoms with Crippen LogP contribution in [0.3, 0.4) is 0 Å². The Labute approximate surface area is 166 Å². The van der Waals surface area contributed by atoms with E-state index in [9.17, 15) is 4.79 Å². The monoisotopic (exact) mass is 398 g/mol. The van der Waals surface area contributed by atoms with Crippen molar-refractivity contribution in [3.8, 4) is 0 Å². The normalized spacial score (nSPS) is 17.0. The minimum absolute atomic E-state index is 0.0771. The molecule has 27 heavy (non-hydrogen) atoms. The van der Waals surface area contributed by atoms with E-state index in [1.807, 2.05) is 13.8 Å². The molecule has 1 amide bonds. The molecule has 0 aliphatic heterocycles. The highest BCUT2D eigenvalue weighted by Gasteiger charge is 2.28. The fraction of sp³-hybridized carbons (Fsp3) is 0.500. The maximum atomic E-state index is 12.9. The molecule has 3 aromatic heterocycles. The van der Waals surface area contributed by atoms with Gasteiger partial charge in [-0.3, -0.25) is 10.1 Å². The Balaban J connectivity index is 1.45. The number of carbonyl (C=O) groups excluding carboxylic acids is 1. The van der Waals surface area contributed by atoms with Gasteiger partial charge in [0.05, 0.1) is 16.3 Å². The van der Waals surface area contributed by atoms with E-state index in [-0.39, 0.29) is 5.91 Å². The van der Waals surface area contributed by atoms with Crippen LogP contribution >= 0.6 is 22.7 Å². The maximum Gasteiger partial charge on any atom is 0.267 e. The molecule has 2 aliphatic rings. The molecule has 0 atom stereocenters. The van der Waals surface area contributed by atoms with Gasteiger partial charge in [0, 0.05) is 16.2 Å². The highest BCUT2D eigenvalue weighted by molar-refractivity contribution is 7.21. The third-order valence-electron chi connectivity index (χ3n) is 5.45. The zero-order chi connectivity index (χ0) is 18.5. The van der Waals surface area contributed by atoms with Crippen molar-refractivity contribution in [1.82, 2.24) is 15.0 Å². The van der Waals surface area contributed by atoms with Crippen molar-refractivity contribution in [2.45, 2.75) is 64.7 Å². The number of aromatic nitrogens is 3. The van der Waals surface area contributed by atoms with Crippen LogP contribution in [0.15, 0.2) is 0 Å². The van der Waals surface area contributed by atoms with Gasteiger partial charge in [0.15, 0.2) is 5.13 Å². The van der Waals surface area contributed by atoms with Gasteiger partial charge in [-0.1, -0.05) is 6.42 Å². The summed E-state index contributed by atoms with van der Waals surface area (Å²) in [5, 5.41) is 4.80. The number of aryl methyl sites for hydroxylation is 4. The smallest absolute Gasteiger partial charge is 0.267 e. The largest absolute Gasteiger partial charge is 0.297 e. The summed E-state index contributed by atoms with van der Waals surface area (Å²) in [5.41, 5.74) is 3.14. The van der Waals surface area contributed by atoms with Crippen LogP contribution in [-0.4, -0.2) is 20.9 Å². The van der Waals surface area contributed by atoms with E-state index in [1.54, 1.807) is 11.3 Å². The fourth-order valence-corrected chi connectivity index (χ4v) is 6.02. The second kappa shape index (κ2) is 6.63. The van der Waals surface area contributed by atoms with E-state index in [2.05, 4.69) is 15.3 Å². The van der Waals surface area contributed by atoms with Gasteiger partial charge < -0.3 is 0 Å². The Hall–Kier alpha value is -1.86. The number of nitrogens with one attached hydrogen (secondary N) is 1. The van der Waals surface area contributed by atoms with E-state index in [1.165, 1.54) is 54.0 Å². The lowest BCUT2D eigenvalue weighted by Gasteiger charge is -2.02. The van der Waals surface area contributed by atoms with Gasteiger partial charge in [-0.25, -0.2) is 15.0 Å². The molecule has 0 saturated heterocycles. The molecular formula is C20H22N4OS2. The van der Waals surface area contributed by atoms with Crippen molar-refractivity contribution >= 4 is 43.9 Å². The van der Waals surface area contributed by atoms with Crippen molar-refractivity contribution in [2.75, 3.05) is 5.32 Å². The summed E-state index contributed by atoms with van der Waals surface area (Å²) in [6.07, 6.45) is 8.16. The molecule has 3 heterocycles. The number of rotatable bonds is 3. The number of thiazole rings is 1. The first-order valence-corrected chi connectivity index (χ1v) is 11.3. The summed E-state index contributed by atoms with van der Waals surface area (Å²) in [6.45, 7) is 4.02. The Bertz CT molecular complexity index is 1020. The first-order valence-electron chi connectivity index (χ1n) is 9.67.